The van der Waals surface area contributed by atoms with Crippen molar-refractivity contribution >= 4 is 5.78 Å². The number of aryl methyl sites for hydroxylation is 1. The number of rotatable bonds is 5. The van der Waals surface area contributed by atoms with E-state index in [9.17, 15) is 4.79 Å². The lowest BCUT2D eigenvalue weighted by Crippen LogP contribution is -2.06. The largest absolute Gasteiger partial charge is 0.339 e. The second-order valence-corrected chi connectivity index (χ2v) is 3.77. The van der Waals surface area contributed by atoms with Gasteiger partial charge in [-0.15, -0.1) is 0 Å². The van der Waals surface area contributed by atoms with Crippen molar-refractivity contribution in [2.24, 2.45) is 5.92 Å². The first kappa shape index (κ1) is 10.9. The van der Waals surface area contributed by atoms with Gasteiger partial charge in [0.25, 0.3) is 0 Å². The zero-order chi connectivity index (χ0) is 10.6. The lowest BCUT2D eigenvalue weighted by molar-refractivity contribution is -0.119. The van der Waals surface area contributed by atoms with Gasteiger partial charge in [0, 0.05) is 12.8 Å². The van der Waals surface area contributed by atoms with E-state index in [1.54, 1.807) is 0 Å². The summed E-state index contributed by atoms with van der Waals surface area (Å²) < 4.78 is 4.93. The first-order valence-electron chi connectivity index (χ1n) is 4.95. The fourth-order valence-electron chi connectivity index (χ4n) is 1.20. The van der Waals surface area contributed by atoms with Gasteiger partial charge in [0.2, 0.25) is 5.89 Å². The number of hydrogen-bond acceptors (Lipinski definition) is 4. The highest BCUT2D eigenvalue weighted by Gasteiger charge is 2.11. The molecule has 14 heavy (non-hydrogen) atoms. The van der Waals surface area contributed by atoms with E-state index in [1.807, 2.05) is 20.8 Å². The van der Waals surface area contributed by atoms with Crippen LogP contribution in [0.4, 0.5) is 0 Å². The molecule has 0 radical (unpaired) electrons. The SMILES string of the molecule is CCc1noc(CC(=O)CC(C)C)n1. The summed E-state index contributed by atoms with van der Waals surface area (Å²) >= 11 is 0. The van der Waals surface area contributed by atoms with Crippen LogP contribution >= 0.6 is 0 Å². The second-order valence-electron chi connectivity index (χ2n) is 3.77. The normalized spacial score (nSPS) is 10.9. The molecule has 0 unspecified atom stereocenters. The molecule has 4 heteroatoms. The third kappa shape index (κ3) is 3.28. The molecule has 0 aliphatic rings. The Morgan fingerprint density at radius 3 is 2.71 bits per heavy atom. The number of hydrogen-bond donors (Lipinski definition) is 0. The number of carbonyl (C=O) groups excluding carboxylic acids is 1. The Hall–Kier alpha value is -1.19. The molecule has 0 aromatic carbocycles. The molecule has 0 saturated carbocycles. The van der Waals surface area contributed by atoms with Crippen LogP contribution in [-0.4, -0.2) is 15.9 Å². The Morgan fingerprint density at radius 1 is 1.50 bits per heavy atom. The average molecular weight is 196 g/mol. The molecule has 1 rings (SSSR count). The molecule has 78 valence electrons. The molecule has 0 aliphatic heterocycles. The molecular formula is C10H16N2O2. The molecule has 1 heterocycles. The Balaban J connectivity index is 2.47. The third-order valence-electron chi connectivity index (χ3n) is 1.81. The molecule has 0 saturated heterocycles. The molecule has 0 spiro atoms. The van der Waals surface area contributed by atoms with E-state index < -0.39 is 0 Å². The van der Waals surface area contributed by atoms with Crippen LogP contribution in [0.25, 0.3) is 0 Å². The molecular weight excluding hydrogens is 180 g/mol. The van der Waals surface area contributed by atoms with Crippen LogP contribution in [0, 0.1) is 5.92 Å². The molecule has 0 N–H and O–H groups in total. The zero-order valence-electron chi connectivity index (χ0n) is 8.91. The van der Waals surface area contributed by atoms with Gasteiger partial charge in [-0.25, -0.2) is 0 Å². The van der Waals surface area contributed by atoms with Crippen LogP contribution in [0.15, 0.2) is 4.52 Å². The second kappa shape index (κ2) is 4.88. The summed E-state index contributed by atoms with van der Waals surface area (Å²) in [5.41, 5.74) is 0. The predicted octanol–water partition coefficient (Wildman–Crippen LogP) is 1.79. The number of ketones is 1. The number of aromatic nitrogens is 2. The minimum absolute atomic E-state index is 0.159. The number of nitrogens with zero attached hydrogens (tertiary/aromatic N) is 2. The van der Waals surface area contributed by atoms with Crippen molar-refractivity contribution < 1.29 is 9.32 Å². The topological polar surface area (TPSA) is 56.0 Å². The molecule has 1 aromatic heterocycles. The van der Waals surface area contributed by atoms with Crippen LogP contribution in [-0.2, 0) is 17.6 Å². The Morgan fingerprint density at radius 2 is 2.21 bits per heavy atom. The predicted molar refractivity (Wildman–Crippen MR) is 51.8 cm³/mol. The highest BCUT2D eigenvalue weighted by atomic mass is 16.5. The third-order valence-corrected chi connectivity index (χ3v) is 1.81. The van der Waals surface area contributed by atoms with Crippen molar-refractivity contribution in [3.63, 3.8) is 0 Å². The van der Waals surface area contributed by atoms with Crippen LogP contribution in [0.3, 0.4) is 0 Å². The van der Waals surface area contributed by atoms with E-state index in [-0.39, 0.29) is 12.2 Å². The maximum Gasteiger partial charge on any atom is 0.234 e. The quantitative estimate of drug-likeness (QED) is 0.720. The number of Topliss-reactive ketones (excluding diaryl/α,β-unsaturated/α-hetero) is 1. The van der Waals surface area contributed by atoms with Crippen LogP contribution in [0.1, 0.15) is 38.9 Å². The van der Waals surface area contributed by atoms with Crippen molar-refractivity contribution in [1.82, 2.24) is 10.1 Å². The smallest absolute Gasteiger partial charge is 0.234 e. The van der Waals surface area contributed by atoms with Crippen LogP contribution in [0.2, 0.25) is 0 Å². The minimum atomic E-state index is 0.159. The molecule has 0 fully saturated rings. The molecule has 0 atom stereocenters. The molecule has 4 nitrogen and oxygen atoms in total. The minimum Gasteiger partial charge on any atom is -0.339 e. The van der Waals surface area contributed by atoms with Crippen molar-refractivity contribution in [1.29, 1.82) is 0 Å². The van der Waals surface area contributed by atoms with Crippen molar-refractivity contribution in [3.05, 3.63) is 11.7 Å². The summed E-state index contributed by atoms with van der Waals surface area (Å²) in [5, 5.41) is 3.73. The van der Waals surface area contributed by atoms with E-state index in [2.05, 4.69) is 10.1 Å². The van der Waals surface area contributed by atoms with Gasteiger partial charge in [-0.3, -0.25) is 4.79 Å². The number of carbonyl (C=O) groups is 1. The summed E-state index contributed by atoms with van der Waals surface area (Å²) in [6.07, 6.45) is 1.58. The fourth-order valence-corrected chi connectivity index (χ4v) is 1.20. The fraction of sp³-hybridized carbons (Fsp3) is 0.700. The Labute approximate surface area is 83.7 Å². The molecule has 0 aliphatic carbocycles. The van der Waals surface area contributed by atoms with E-state index in [0.29, 0.717) is 24.1 Å². The van der Waals surface area contributed by atoms with Crippen molar-refractivity contribution in [2.75, 3.05) is 0 Å². The van der Waals surface area contributed by atoms with Gasteiger partial charge in [0.1, 0.15) is 5.78 Å². The zero-order valence-corrected chi connectivity index (χ0v) is 8.91. The summed E-state index contributed by atoms with van der Waals surface area (Å²) in [7, 11) is 0. The van der Waals surface area contributed by atoms with Crippen LogP contribution in [0.5, 0.6) is 0 Å². The lowest BCUT2D eigenvalue weighted by Gasteiger charge is -1.99. The maximum atomic E-state index is 11.4. The lowest BCUT2D eigenvalue weighted by atomic mass is 10.1. The van der Waals surface area contributed by atoms with Gasteiger partial charge in [-0.1, -0.05) is 25.9 Å². The van der Waals surface area contributed by atoms with E-state index in [4.69, 9.17) is 4.52 Å². The standard InChI is InChI=1S/C10H16N2O2/c1-4-9-11-10(14-12-9)6-8(13)5-7(2)3/h7H,4-6H2,1-3H3. The van der Waals surface area contributed by atoms with Gasteiger partial charge in [0.05, 0.1) is 6.42 Å². The van der Waals surface area contributed by atoms with E-state index in [0.717, 1.165) is 6.42 Å². The highest BCUT2D eigenvalue weighted by molar-refractivity contribution is 5.80. The Kier molecular flexibility index (Phi) is 3.80. The van der Waals surface area contributed by atoms with Crippen molar-refractivity contribution in [3.8, 4) is 0 Å². The maximum absolute atomic E-state index is 11.4. The monoisotopic (exact) mass is 196 g/mol. The summed E-state index contributed by atoms with van der Waals surface area (Å²) in [6, 6.07) is 0. The molecule has 0 bridgehead atoms. The average Bonchev–Trinajstić information content (AvgIpc) is 2.50. The molecule has 1 aromatic rings. The summed E-state index contributed by atoms with van der Waals surface area (Å²) in [6.45, 7) is 5.98. The van der Waals surface area contributed by atoms with E-state index in [1.165, 1.54) is 0 Å². The summed E-state index contributed by atoms with van der Waals surface area (Å²) in [4.78, 5) is 15.5. The first-order valence-corrected chi connectivity index (χ1v) is 4.95. The van der Waals surface area contributed by atoms with Gasteiger partial charge in [-0.05, 0) is 5.92 Å². The van der Waals surface area contributed by atoms with Gasteiger partial charge < -0.3 is 4.52 Å². The van der Waals surface area contributed by atoms with Gasteiger partial charge in [-0.2, -0.15) is 4.98 Å². The first-order chi connectivity index (χ1) is 6.61. The van der Waals surface area contributed by atoms with Gasteiger partial charge in [0.15, 0.2) is 5.82 Å². The highest BCUT2D eigenvalue weighted by Crippen LogP contribution is 2.05. The molecule has 0 amide bonds. The van der Waals surface area contributed by atoms with Crippen LogP contribution < -0.4 is 0 Å². The van der Waals surface area contributed by atoms with Gasteiger partial charge >= 0.3 is 0 Å². The van der Waals surface area contributed by atoms with E-state index >= 15 is 0 Å². The van der Waals surface area contributed by atoms with Crippen molar-refractivity contribution in [2.45, 2.75) is 40.0 Å². The summed E-state index contributed by atoms with van der Waals surface area (Å²) in [5.74, 6) is 1.65. The Bertz CT molecular complexity index is 305.